The van der Waals surface area contributed by atoms with Gasteiger partial charge in [0.05, 0.1) is 34.6 Å². The largest absolute Gasteiger partial charge is 0.369 e. The Balaban J connectivity index is 1.61. The molecule has 0 amide bonds. The van der Waals surface area contributed by atoms with Crippen molar-refractivity contribution in [3.8, 4) is 5.69 Å². The number of nitrogens with zero attached hydrogens (tertiary/aromatic N) is 4. The van der Waals surface area contributed by atoms with Gasteiger partial charge in [0.15, 0.2) is 15.7 Å². The number of aromatic nitrogens is 2. The Morgan fingerprint density at radius 3 is 2.48 bits per heavy atom. The standard InChI is InChI=1S/C20H16ClF2N5O2S/c21-13-11-24-28-17-10-12(27-6-8-31(29,30)9-7-27)4-5-16(17)25-19(26-20(13)28)18-14(22)2-1-3-15(18)23/h1-5,10-11H,6-9H2,(H,25,26). The summed E-state index contributed by atoms with van der Waals surface area (Å²) in [5, 5.41) is 7.49. The molecule has 1 fully saturated rings. The number of halogens is 3. The monoisotopic (exact) mass is 463 g/mol. The van der Waals surface area contributed by atoms with Crippen molar-refractivity contribution in [2.75, 3.05) is 34.8 Å². The van der Waals surface area contributed by atoms with Crippen LogP contribution in [0.3, 0.4) is 0 Å². The van der Waals surface area contributed by atoms with E-state index in [1.165, 1.54) is 16.9 Å². The molecular weight excluding hydrogens is 448 g/mol. The lowest BCUT2D eigenvalue weighted by molar-refractivity contribution is 0.579. The lowest BCUT2D eigenvalue weighted by Crippen LogP contribution is -2.40. The fraction of sp³-hybridized carbons (Fsp3) is 0.200. The second-order valence-electron chi connectivity index (χ2n) is 7.25. The van der Waals surface area contributed by atoms with Gasteiger partial charge in [-0.1, -0.05) is 17.7 Å². The van der Waals surface area contributed by atoms with Gasteiger partial charge >= 0.3 is 0 Å². The van der Waals surface area contributed by atoms with Gasteiger partial charge < -0.3 is 10.2 Å². The highest BCUT2D eigenvalue weighted by molar-refractivity contribution is 7.91. The fourth-order valence-electron chi connectivity index (χ4n) is 3.67. The third-order valence-corrected chi connectivity index (χ3v) is 7.17. The molecule has 7 nitrogen and oxygen atoms in total. The van der Waals surface area contributed by atoms with Crippen molar-refractivity contribution in [1.29, 1.82) is 0 Å². The number of benzene rings is 2. The Morgan fingerprint density at radius 1 is 1.06 bits per heavy atom. The topological polar surface area (TPSA) is 79.6 Å². The van der Waals surface area contributed by atoms with E-state index in [1.54, 1.807) is 6.07 Å². The van der Waals surface area contributed by atoms with Gasteiger partial charge in [-0.25, -0.2) is 26.9 Å². The SMILES string of the molecule is O=S1(=O)CCN(c2ccc3c(c2)-n2ncc(Cl)c2N=C(c2c(F)cccc2F)N3)CC1. The molecule has 0 atom stereocenters. The molecule has 3 aromatic rings. The predicted molar refractivity (Wildman–Crippen MR) is 116 cm³/mol. The van der Waals surface area contributed by atoms with E-state index in [-0.39, 0.29) is 33.7 Å². The van der Waals surface area contributed by atoms with Crippen LogP contribution in [-0.2, 0) is 9.84 Å². The van der Waals surface area contributed by atoms with Gasteiger partial charge in [0.1, 0.15) is 22.5 Å². The van der Waals surface area contributed by atoms with Crippen LogP contribution < -0.4 is 10.2 Å². The summed E-state index contributed by atoms with van der Waals surface area (Å²) in [6, 6.07) is 8.97. The molecule has 5 rings (SSSR count). The number of aliphatic imine (C=N–C) groups is 1. The Morgan fingerprint density at radius 2 is 1.77 bits per heavy atom. The number of fused-ring (bicyclic) bond motifs is 3. The molecule has 0 radical (unpaired) electrons. The average molecular weight is 464 g/mol. The van der Waals surface area contributed by atoms with Crippen molar-refractivity contribution in [3.05, 3.63) is 64.8 Å². The van der Waals surface area contributed by atoms with Gasteiger partial charge in [0, 0.05) is 18.8 Å². The lowest BCUT2D eigenvalue weighted by atomic mass is 10.1. The molecule has 1 aromatic heterocycles. The molecule has 0 unspecified atom stereocenters. The van der Waals surface area contributed by atoms with Gasteiger partial charge in [-0.2, -0.15) is 5.10 Å². The summed E-state index contributed by atoms with van der Waals surface area (Å²) in [5.41, 5.74) is 1.59. The van der Waals surface area contributed by atoms with E-state index in [0.29, 0.717) is 24.5 Å². The smallest absolute Gasteiger partial charge is 0.176 e. The number of hydrogen-bond acceptors (Lipinski definition) is 6. The molecule has 1 N–H and O–H groups in total. The Bertz CT molecular complexity index is 1310. The molecule has 160 valence electrons. The van der Waals surface area contributed by atoms with Gasteiger partial charge in [0.25, 0.3) is 0 Å². The van der Waals surface area contributed by atoms with Crippen LogP contribution in [0, 0.1) is 11.6 Å². The van der Waals surface area contributed by atoms with Crippen molar-refractivity contribution in [3.63, 3.8) is 0 Å². The molecule has 0 spiro atoms. The number of hydrogen-bond donors (Lipinski definition) is 1. The van der Waals surface area contributed by atoms with Gasteiger partial charge in [-0.3, -0.25) is 0 Å². The van der Waals surface area contributed by atoms with Crippen LogP contribution >= 0.6 is 11.6 Å². The summed E-state index contributed by atoms with van der Waals surface area (Å²) in [6.45, 7) is 0.757. The molecule has 11 heteroatoms. The molecule has 0 saturated carbocycles. The number of anilines is 2. The van der Waals surface area contributed by atoms with Crippen LogP contribution in [0.5, 0.6) is 0 Å². The fourth-order valence-corrected chi connectivity index (χ4v) is 5.04. The second kappa shape index (κ2) is 7.31. The van der Waals surface area contributed by atoms with Crippen molar-refractivity contribution in [1.82, 2.24) is 9.78 Å². The summed E-state index contributed by atoms with van der Waals surface area (Å²) in [6.07, 6.45) is 1.41. The third-order valence-electron chi connectivity index (χ3n) is 5.29. The molecule has 0 aliphatic carbocycles. The highest BCUT2D eigenvalue weighted by Crippen LogP contribution is 2.36. The van der Waals surface area contributed by atoms with Gasteiger partial charge in [-0.05, 0) is 30.3 Å². The normalized spacial score (nSPS) is 17.3. The van der Waals surface area contributed by atoms with Gasteiger partial charge in [-0.15, -0.1) is 0 Å². The number of amidine groups is 1. The van der Waals surface area contributed by atoms with E-state index in [4.69, 9.17) is 11.6 Å². The minimum absolute atomic E-state index is 0.0326. The molecule has 2 aromatic carbocycles. The summed E-state index contributed by atoms with van der Waals surface area (Å²) < 4.78 is 53.9. The van der Waals surface area contributed by atoms with E-state index in [0.717, 1.165) is 17.8 Å². The van der Waals surface area contributed by atoms with Crippen molar-refractivity contribution in [2.45, 2.75) is 0 Å². The minimum Gasteiger partial charge on any atom is -0.369 e. The maximum atomic E-state index is 14.4. The zero-order chi connectivity index (χ0) is 21.8. The first kappa shape index (κ1) is 20.0. The molecular formula is C20H16ClF2N5O2S. The minimum atomic E-state index is -3.02. The summed E-state index contributed by atoms with van der Waals surface area (Å²) in [7, 11) is -3.02. The first-order valence-electron chi connectivity index (χ1n) is 9.46. The van der Waals surface area contributed by atoms with Gasteiger partial charge in [0.2, 0.25) is 0 Å². The van der Waals surface area contributed by atoms with Crippen molar-refractivity contribution in [2.24, 2.45) is 4.99 Å². The molecule has 2 aliphatic heterocycles. The summed E-state index contributed by atoms with van der Waals surface area (Å²) in [4.78, 5) is 6.34. The maximum absolute atomic E-state index is 14.4. The zero-order valence-corrected chi connectivity index (χ0v) is 17.6. The van der Waals surface area contributed by atoms with Crippen LogP contribution in [0.1, 0.15) is 5.56 Å². The van der Waals surface area contributed by atoms with E-state index >= 15 is 0 Å². The Kier molecular flexibility index (Phi) is 4.71. The van der Waals surface area contributed by atoms with Crippen LogP contribution in [0.15, 0.2) is 47.6 Å². The molecule has 3 heterocycles. The van der Waals surface area contributed by atoms with Crippen LogP contribution in [0.2, 0.25) is 5.02 Å². The number of rotatable bonds is 2. The third kappa shape index (κ3) is 3.55. The Labute approximate surface area is 181 Å². The van der Waals surface area contributed by atoms with Crippen LogP contribution in [-0.4, -0.2) is 48.6 Å². The highest BCUT2D eigenvalue weighted by atomic mass is 35.5. The summed E-state index contributed by atoms with van der Waals surface area (Å²) >= 11 is 6.27. The molecule has 0 bridgehead atoms. The quantitative estimate of drug-likeness (QED) is 0.629. The van der Waals surface area contributed by atoms with E-state index in [1.807, 2.05) is 17.0 Å². The molecule has 31 heavy (non-hydrogen) atoms. The van der Waals surface area contributed by atoms with Crippen LogP contribution in [0.4, 0.5) is 26.0 Å². The lowest BCUT2D eigenvalue weighted by Gasteiger charge is -2.29. The second-order valence-corrected chi connectivity index (χ2v) is 9.96. The Hall–Kier alpha value is -2.98. The van der Waals surface area contributed by atoms with E-state index < -0.39 is 21.5 Å². The predicted octanol–water partition coefficient (Wildman–Crippen LogP) is 3.54. The number of sulfone groups is 1. The molecule has 2 aliphatic rings. The zero-order valence-electron chi connectivity index (χ0n) is 16.0. The van der Waals surface area contributed by atoms with E-state index in [2.05, 4.69) is 15.4 Å². The first-order valence-corrected chi connectivity index (χ1v) is 11.7. The highest BCUT2D eigenvalue weighted by Gasteiger charge is 2.26. The maximum Gasteiger partial charge on any atom is 0.176 e. The average Bonchev–Trinajstić information content (AvgIpc) is 2.99. The first-order chi connectivity index (χ1) is 14.8. The van der Waals surface area contributed by atoms with Crippen molar-refractivity contribution >= 4 is 44.5 Å². The van der Waals surface area contributed by atoms with Crippen molar-refractivity contribution < 1.29 is 17.2 Å². The molecule has 1 saturated heterocycles. The van der Waals surface area contributed by atoms with E-state index in [9.17, 15) is 17.2 Å². The van der Waals surface area contributed by atoms with Crippen LogP contribution in [0.25, 0.3) is 5.69 Å². The number of nitrogens with one attached hydrogen (secondary N) is 1. The summed E-state index contributed by atoms with van der Waals surface area (Å²) in [5.74, 6) is -1.16.